The monoisotopic (exact) mass is 204 g/mol. The summed E-state index contributed by atoms with van der Waals surface area (Å²) in [5.74, 6) is 0. The first kappa shape index (κ1) is 23.3. The summed E-state index contributed by atoms with van der Waals surface area (Å²) in [7, 11) is 3.36. The standard InChI is InChI=1S/2C3H8O.2C3H6/c2*1-3-4-2;2*1-3-2/h2*3H2,1-2H3;2*3H,1H2,2H3. The number of allylic oxidation sites excluding steroid dienone is 2. The lowest BCUT2D eigenvalue weighted by atomic mass is 10.8. The van der Waals surface area contributed by atoms with Crippen LogP contribution in [0.5, 0.6) is 0 Å². The van der Waals surface area contributed by atoms with Gasteiger partial charge in [0.1, 0.15) is 0 Å². The fraction of sp³-hybridized carbons (Fsp3) is 0.667. The average molecular weight is 204 g/mol. The van der Waals surface area contributed by atoms with Crippen molar-refractivity contribution >= 4 is 0 Å². The molecule has 0 aliphatic carbocycles. The summed E-state index contributed by atoms with van der Waals surface area (Å²) in [5.41, 5.74) is 0. The summed E-state index contributed by atoms with van der Waals surface area (Å²) in [5, 5.41) is 0. The molecule has 0 rings (SSSR count). The Morgan fingerprint density at radius 2 is 0.929 bits per heavy atom. The molecule has 0 saturated carbocycles. The molecule has 0 spiro atoms. The fourth-order valence-corrected chi connectivity index (χ4v) is 0. The summed E-state index contributed by atoms with van der Waals surface area (Å²) in [6.07, 6.45) is 3.50. The van der Waals surface area contributed by atoms with Crippen molar-refractivity contribution in [2.24, 2.45) is 0 Å². The molecule has 0 aliphatic rings. The normalized spacial score (nSPS) is 6.14. The number of ether oxygens (including phenoxy) is 2. The molecule has 0 fully saturated rings. The molecule has 0 N–H and O–H groups in total. The second kappa shape index (κ2) is 55.3. The molecule has 2 heteroatoms. The highest BCUT2D eigenvalue weighted by molar-refractivity contribution is 4.51. The van der Waals surface area contributed by atoms with E-state index in [-0.39, 0.29) is 0 Å². The third-order valence-electron chi connectivity index (χ3n) is 0.577. The average Bonchev–Trinajstić information content (AvgIpc) is 2.20. The minimum Gasteiger partial charge on any atom is -0.385 e. The second-order valence-electron chi connectivity index (χ2n) is 1.97. The van der Waals surface area contributed by atoms with E-state index < -0.39 is 0 Å². The van der Waals surface area contributed by atoms with Crippen molar-refractivity contribution in [2.75, 3.05) is 27.4 Å². The predicted octanol–water partition coefficient (Wildman–Crippen LogP) is 3.69. The lowest BCUT2D eigenvalue weighted by Gasteiger charge is -1.76. The van der Waals surface area contributed by atoms with Crippen LogP contribution in [0.15, 0.2) is 25.3 Å². The molecule has 0 saturated heterocycles. The molecule has 0 aliphatic heterocycles. The van der Waals surface area contributed by atoms with Gasteiger partial charge in [0.15, 0.2) is 0 Å². The number of rotatable bonds is 2. The third kappa shape index (κ3) is 629. The van der Waals surface area contributed by atoms with E-state index in [0.717, 1.165) is 13.2 Å². The van der Waals surface area contributed by atoms with Gasteiger partial charge >= 0.3 is 0 Å². The molecule has 0 aromatic rings. The molecule has 0 atom stereocenters. The Morgan fingerprint density at radius 3 is 0.929 bits per heavy atom. The minimum atomic E-state index is 0.819. The van der Waals surface area contributed by atoms with Crippen LogP contribution >= 0.6 is 0 Å². The van der Waals surface area contributed by atoms with Gasteiger partial charge in [0, 0.05) is 27.4 Å². The van der Waals surface area contributed by atoms with Gasteiger partial charge in [-0.15, -0.1) is 13.2 Å². The SMILES string of the molecule is C=CC.C=CC.CCOC.CCOC. The third-order valence-corrected chi connectivity index (χ3v) is 0.577. The van der Waals surface area contributed by atoms with E-state index in [1.807, 2.05) is 27.7 Å². The molecular formula is C12H28O2. The van der Waals surface area contributed by atoms with Crippen LogP contribution in [-0.4, -0.2) is 27.4 Å². The molecule has 88 valence electrons. The van der Waals surface area contributed by atoms with Gasteiger partial charge < -0.3 is 9.47 Å². The molecule has 2 nitrogen and oxygen atoms in total. The van der Waals surface area contributed by atoms with Gasteiger partial charge in [-0.25, -0.2) is 0 Å². The lowest BCUT2D eigenvalue weighted by Crippen LogP contribution is -1.73. The molecule has 0 heterocycles. The Balaban J connectivity index is -0.0000000482. The molecule has 0 bridgehead atoms. The summed E-state index contributed by atoms with van der Waals surface area (Å²) in [6.45, 7) is 16.1. The van der Waals surface area contributed by atoms with E-state index >= 15 is 0 Å². The van der Waals surface area contributed by atoms with Crippen LogP contribution in [0.1, 0.15) is 27.7 Å². The van der Waals surface area contributed by atoms with E-state index in [4.69, 9.17) is 0 Å². The van der Waals surface area contributed by atoms with Crippen LogP contribution in [0.4, 0.5) is 0 Å². The Labute approximate surface area is 90.6 Å². The molecule has 0 aromatic carbocycles. The van der Waals surface area contributed by atoms with Crippen molar-refractivity contribution in [1.82, 2.24) is 0 Å². The number of hydrogen-bond acceptors (Lipinski definition) is 2. The van der Waals surface area contributed by atoms with Gasteiger partial charge in [-0.05, 0) is 27.7 Å². The molecule has 14 heavy (non-hydrogen) atoms. The van der Waals surface area contributed by atoms with Gasteiger partial charge in [-0.2, -0.15) is 0 Å². The number of methoxy groups -OCH3 is 2. The van der Waals surface area contributed by atoms with Crippen molar-refractivity contribution in [2.45, 2.75) is 27.7 Å². The maximum Gasteiger partial charge on any atom is 0.0433 e. The Hall–Kier alpha value is -0.600. The van der Waals surface area contributed by atoms with Gasteiger partial charge in [0.05, 0.1) is 0 Å². The zero-order chi connectivity index (χ0) is 12.2. The summed E-state index contributed by atoms with van der Waals surface area (Å²) < 4.78 is 9.08. The topological polar surface area (TPSA) is 18.5 Å². The summed E-state index contributed by atoms with van der Waals surface area (Å²) >= 11 is 0. The Bertz CT molecular complexity index is 56.7. The first-order valence-electron chi connectivity index (χ1n) is 4.78. The zero-order valence-corrected chi connectivity index (χ0v) is 10.8. The van der Waals surface area contributed by atoms with E-state index in [2.05, 4.69) is 22.6 Å². The molecule has 0 radical (unpaired) electrons. The summed E-state index contributed by atoms with van der Waals surface area (Å²) in [4.78, 5) is 0. The largest absolute Gasteiger partial charge is 0.385 e. The van der Waals surface area contributed by atoms with E-state index in [1.54, 1.807) is 26.4 Å². The lowest BCUT2D eigenvalue weighted by molar-refractivity contribution is 0.215. The maximum absolute atomic E-state index is 4.54. The van der Waals surface area contributed by atoms with Crippen molar-refractivity contribution in [3.8, 4) is 0 Å². The van der Waals surface area contributed by atoms with Crippen LogP contribution in [0.3, 0.4) is 0 Å². The van der Waals surface area contributed by atoms with Crippen molar-refractivity contribution in [1.29, 1.82) is 0 Å². The molecule has 0 amide bonds. The van der Waals surface area contributed by atoms with Gasteiger partial charge in [-0.3, -0.25) is 0 Å². The van der Waals surface area contributed by atoms with Crippen LogP contribution in [0, 0.1) is 0 Å². The molecular weight excluding hydrogens is 176 g/mol. The first-order valence-corrected chi connectivity index (χ1v) is 4.78. The smallest absolute Gasteiger partial charge is 0.0433 e. The van der Waals surface area contributed by atoms with Crippen molar-refractivity contribution in [3.05, 3.63) is 25.3 Å². The maximum atomic E-state index is 4.54. The number of hydrogen-bond donors (Lipinski definition) is 0. The van der Waals surface area contributed by atoms with Crippen LogP contribution in [0.25, 0.3) is 0 Å². The van der Waals surface area contributed by atoms with Crippen molar-refractivity contribution < 1.29 is 9.47 Å². The van der Waals surface area contributed by atoms with Gasteiger partial charge in [0.25, 0.3) is 0 Å². The predicted molar refractivity (Wildman–Crippen MR) is 66.8 cm³/mol. The fourth-order valence-electron chi connectivity index (χ4n) is 0. The zero-order valence-electron chi connectivity index (χ0n) is 10.8. The highest BCUT2D eigenvalue weighted by atomic mass is 16.5. The van der Waals surface area contributed by atoms with E-state index in [1.165, 1.54) is 0 Å². The van der Waals surface area contributed by atoms with Gasteiger partial charge in [0.2, 0.25) is 0 Å². The Morgan fingerprint density at radius 1 is 0.857 bits per heavy atom. The second-order valence-corrected chi connectivity index (χ2v) is 1.97. The quantitative estimate of drug-likeness (QED) is 0.639. The van der Waals surface area contributed by atoms with E-state index in [9.17, 15) is 0 Å². The van der Waals surface area contributed by atoms with Crippen LogP contribution in [0.2, 0.25) is 0 Å². The molecule has 0 unspecified atom stereocenters. The van der Waals surface area contributed by atoms with Crippen LogP contribution in [-0.2, 0) is 9.47 Å². The molecule has 0 aromatic heterocycles. The summed E-state index contributed by atoms with van der Waals surface area (Å²) in [6, 6.07) is 0. The van der Waals surface area contributed by atoms with Crippen LogP contribution < -0.4 is 0 Å². The Kier molecular flexibility index (Phi) is 92.0. The van der Waals surface area contributed by atoms with E-state index in [0.29, 0.717) is 0 Å². The highest BCUT2D eigenvalue weighted by Crippen LogP contribution is 1.52. The highest BCUT2D eigenvalue weighted by Gasteiger charge is 1.51. The van der Waals surface area contributed by atoms with Crippen molar-refractivity contribution in [3.63, 3.8) is 0 Å². The minimum absolute atomic E-state index is 0.819. The first-order chi connectivity index (χ1) is 6.66. The van der Waals surface area contributed by atoms with Gasteiger partial charge in [-0.1, -0.05) is 12.2 Å².